The number of nitrogens with zero attached hydrogens (tertiary/aromatic N) is 3. The highest BCUT2D eigenvalue weighted by Gasteiger charge is 2.35. The topological polar surface area (TPSA) is 80.2 Å². The number of carbonyl (C=O) groups is 1. The van der Waals surface area contributed by atoms with E-state index in [0.29, 0.717) is 5.13 Å². The van der Waals surface area contributed by atoms with Crippen LogP contribution in [0.2, 0.25) is 0 Å². The highest BCUT2D eigenvalue weighted by Crippen LogP contribution is 2.28. The maximum Gasteiger partial charge on any atom is 0.302 e. The molecule has 1 fully saturated rings. The van der Waals surface area contributed by atoms with Crippen molar-refractivity contribution in [1.82, 2.24) is 10.2 Å². The number of anilines is 1. The molecule has 0 bridgehead atoms. The number of aromatic nitrogens is 2. The molecule has 2 heterocycles. The minimum atomic E-state index is -4.54. The SMILES string of the molecule is Cc1nnc(N2CC(CS(=O)(=O)F)CC2=O)s1. The van der Waals surface area contributed by atoms with Gasteiger partial charge in [0, 0.05) is 18.9 Å². The summed E-state index contributed by atoms with van der Waals surface area (Å²) in [5.74, 6) is -1.37. The van der Waals surface area contributed by atoms with Crippen LogP contribution in [0.4, 0.5) is 9.02 Å². The molecular weight excluding hydrogens is 269 g/mol. The first-order chi connectivity index (χ1) is 7.85. The Morgan fingerprint density at radius 3 is 2.76 bits per heavy atom. The van der Waals surface area contributed by atoms with Crippen molar-refractivity contribution in [2.24, 2.45) is 5.92 Å². The summed E-state index contributed by atoms with van der Waals surface area (Å²) in [7, 11) is -4.54. The van der Waals surface area contributed by atoms with Crippen molar-refractivity contribution in [3.05, 3.63) is 5.01 Å². The lowest BCUT2D eigenvalue weighted by Gasteiger charge is -2.11. The number of amides is 1. The van der Waals surface area contributed by atoms with Gasteiger partial charge in [-0.2, -0.15) is 8.42 Å². The summed E-state index contributed by atoms with van der Waals surface area (Å²) < 4.78 is 33.6. The molecular formula is C8H10FN3O3S2. The van der Waals surface area contributed by atoms with Crippen LogP contribution in [0.3, 0.4) is 0 Å². The first-order valence-corrected chi connectivity index (χ1v) is 7.25. The number of rotatable bonds is 3. The van der Waals surface area contributed by atoms with Gasteiger partial charge in [0.25, 0.3) is 0 Å². The molecule has 17 heavy (non-hydrogen) atoms. The summed E-state index contributed by atoms with van der Waals surface area (Å²) in [5.41, 5.74) is 0. The highest BCUT2D eigenvalue weighted by molar-refractivity contribution is 7.86. The second-order valence-electron chi connectivity index (χ2n) is 3.88. The number of hydrogen-bond donors (Lipinski definition) is 0. The van der Waals surface area contributed by atoms with Gasteiger partial charge < -0.3 is 0 Å². The number of halogens is 1. The van der Waals surface area contributed by atoms with Gasteiger partial charge in [0.05, 0.1) is 5.75 Å². The summed E-state index contributed by atoms with van der Waals surface area (Å²) in [5, 5.41) is 8.74. The van der Waals surface area contributed by atoms with Crippen LogP contribution < -0.4 is 4.90 Å². The largest absolute Gasteiger partial charge is 0.302 e. The van der Waals surface area contributed by atoms with E-state index in [2.05, 4.69) is 10.2 Å². The third-order valence-electron chi connectivity index (χ3n) is 2.39. The molecule has 1 amide bonds. The summed E-state index contributed by atoms with van der Waals surface area (Å²) in [6, 6.07) is 0. The molecule has 1 saturated heterocycles. The van der Waals surface area contributed by atoms with Crippen molar-refractivity contribution in [3.8, 4) is 0 Å². The molecule has 0 N–H and O–H groups in total. The van der Waals surface area contributed by atoms with E-state index < -0.39 is 21.9 Å². The Hall–Kier alpha value is -1.09. The fourth-order valence-electron chi connectivity index (χ4n) is 1.75. The molecule has 0 aliphatic carbocycles. The second kappa shape index (κ2) is 4.30. The fourth-order valence-corrected chi connectivity index (χ4v) is 3.26. The van der Waals surface area contributed by atoms with Crippen molar-refractivity contribution in [1.29, 1.82) is 0 Å². The van der Waals surface area contributed by atoms with Gasteiger partial charge in [0.1, 0.15) is 5.01 Å². The molecule has 1 unspecified atom stereocenters. The Morgan fingerprint density at radius 1 is 1.53 bits per heavy atom. The van der Waals surface area contributed by atoms with Crippen LogP contribution in [-0.4, -0.2) is 36.8 Å². The number of carbonyl (C=O) groups excluding carboxylic acids is 1. The summed E-state index contributed by atoms with van der Waals surface area (Å²) in [4.78, 5) is 13.0. The normalized spacial score (nSPS) is 21.2. The van der Waals surface area contributed by atoms with Gasteiger partial charge in [0.15, 0.2) is 0 Å². The zero-order chi connectivity index (χ0) is 12.6. The van der Waals surface area contributed by atoms with Crippen LogP contribution >= 0.6 is 11.3 Å². The smallest absolute Gasteiger partial charge is 0.286 e. The van der Waals surface area contributed by atoms with E-state index in [1.807, 2.05) is 0 Å². The summed E-state index contributed by atoms with van der Waals surface area (Å²) in [6.07, 6.45) is 0.0295. The van der Waals surface area contributed by atoms with Crippen LogP contribution in [0.5, 0.6) is 0 Å². The third-order valence-corrected chi connectivity index (χ3v) is 4.12. The lowest BCUT2D eigenvalue weighted by Crippen LogP contribution is -2.25. The van der Waals surface area contributed by atoms with Crippen LogP contribution in [0.25, 0.3) is 0 Å². The summed E-state index contributed by atoms with van der Waals surface area (Å²) >= 11 is 1.25. The molecule has 0 spiro atoms. The van der Waals surface area contributed by atoms with Gasteiger partial charge in [-0.3, -0.25) is 9.69 Å². The predicted octanol–water partition coefficient (Wildman–Crippen LogP) is 0.499. The van der Waals surface area contributed by atoms with Gasteiger partial charge in [-0.1, -0.05) is 11.3 Å². The van der Waals surface area contributed by atoms with E-state index >= 15 is 0 Å². The van der Waals surface area contributed by atoms with Crippen LogP contribution in [0.1, 0.15) is 11.4 Å². The first kappa shape index (κ1) is 12.4. The predicted molar refractivity (Wildman–Crippen MR) is 60.0 cm³/mol. The van der Waals surface area contributed by atoms with Crippen molar-refractivity contribution in [2.45, 2.75) is 13.3 Å². The van der Waals surface area contributed by atoms with Gasteiger partial charge in [0.2, 0.25) is 11.0 Å². The van der Waals surface area contributed by atoms with E-state index in [0.717, 1.165) is 5.01 Å². The van der Waals surface area contributed by atoms with Crippen LogP contribution in [0.15, 0.2) is 0 Å². The monoisotopic (exact) mass is 279 g/mol. The molecule has 1 aliphatic rings. The highest BCUT2D eigenvalue weighted by atomic mass is 32.3. The molecule has 1 aromatic heterocycles. The first-order valence-electron chi connectivity index (χ1n) is 4.88. The Labute approximate surface area is 102 Å². The standard InChI is InChI=1S/C8H10FN3O3S2/c1-5-10-11-8(16-5)12-3-6(2-7(12)13)4-17(9,14)15/h6H,2-4H2,1H3. The molecule has 1 atom stereocenters. The molecule has 1 aliphatic heterocycles. The van der Waals surface area contributed by atoms with E-state index in [-0.39, 0.29) is 18.9 Å². The summed E-state index contributed by atoms with van der Waals surface area (Å²) in [6.45, 7) is 1.93. The molecule has 94 valence electrons. The van der Waals surface area contributed by atoms with Crippen LogP contribution in [0, 0.1) is 12.8 Å². The minimum absolute atomic E-state index is 0.0295. The van der Waals surface area contributed by atoms with Crippen molar-refractivity contribution < 1.29 is 17.1 Å². The van der Waals surface area contributed by atoms with Crippen molar-refractivity contribution in [2.75, 3.05) is 17.2 Å². The van der Waals surface area contributed by atoms with E-state index in [4.69, 9.17) is 0 Å². The zero-order valence-corrected chi connectivity index (χ0v) is 10.6. The minimum Gasteiger partial charge on any atom is -0.286 e. The maximum atomic E-state index is 12.5. The molecule has 2 rings (SSSR count). The van der Waals surface area contributed by atoms with E-state index in [1.54, 1.807) is 6.92 Å². The zero-order valence-electron chi connectivity index (χ0n) is 8.96. The fraction of sp³-hybridized carbons (Fsp3) is 0.625. The van der Waals surface area contributed by atoms with Gasteiger partial charge in [-0.05, 0) is 6.92 Å². The van der Waals surface area contributed by atoms with Gasteiger partial charge in [-0.25, -0.2) is 0 Å². The number of aryl methyl sites for hydroxylation is 1. The molecule has 0 radical (unpaired) electrons. The number of hydrogen-bond acceptors (Lipinski definition) is 6. The molecule has 9 heteroatoms. The molecule has 0 aromatic carbocycles. The van der Waals surface area contributed by atoms with Crippen molar-refractivity contribution in [3.63, 3.8) is 0 Å². The third kappa shape index (κ3) is 2.97. The maximum absolute atomic E-state index is 12.5. The van der Waals surface area contributed by atoms with Crippen LogP contribution in [-0.2, 0) is 15.0 Å². The second-order valence-corrected chi connectivity index (χ2v) is 6.45. The van der Waals surface area contributed by atoms with Gasteiger partial charge >= 0.3 is 10.2 Å². The van der Waals surface area contributed by atoms with Crippen molar-refractivity contribution >= 4 is 32.6 Å². The lowest BCUT2D eigenvalue weighted by atomic mass is 10.1. The molecule has 1 aromatic rings. The quantitative estimate of drug-likeness (QED) is 0.753. The molecule has 0 saturated carbocycles. The Morgan fingerprint density at radius 2 is 2.24 bits per heavy atom. The Balaban J connectivity index is 2.10. The van der Waals surface area contributed by atoms with Gasteiger partial charge in [-0.15, -0.1) is 14.1 Å². The van der Waals surface area contributed by atoms with E-state index in [1.165, 1.54) is 16.2 Å². The van der Waals surface area contributed by atoms with E-state index in [9.17, 15) is 17.1 Å². The lowest BCUT2D eigenvalue weighted by molar-refractivity contribution is -0.117. The Kier molecular flexibility index (Phi) is 3.13. The Bertz CT molecular complexity index is 542. The average molecular weight is 279 g/mol. The average Bonchev–Trinajstić information content (AvgIpc) is 2.70. The molecule has 6 nitrogen and oxygen atoms in total.